The minimum atomic E-state index is -0.915. The molecule has 0 bridgehead atoms. The number of aliphatic carboxylic acids is 2. The second kappa shape index (κ2) is 11.6. The highest BCUT2D eigenvalue weighted by Gasteiger charge is 2.27. The molecule has 29 heavy (non-hydrogen) atoms. The molecule has 0 aromatic heterocycles. The molecule has 1 unspecified atom stereocenters. The minimum absolute atomic E-state index is 0.0803. The van der Waals surface area contributed by atoms with E-state index in [1.807, 2.05) is 9.80 Å². The van der Waals surface area contributed by atoms with Crippen molar-refractivity contribution < 1.29 is 24.6 Å². The van der Waals surface area contributed by atoms with E-state index in [-0.39, 0.29) is 25.7 Å². The number of benzene rings is 1. The average molecular weight is 405 g/mol. The number of aldehydes is 1. The van der Waals surface area contributed by atoms with Crippen LogP contribution in [0.2, 0.25) is 0 Å². The molecule has 2 rings (SSSR count). The molecule has 1 aliphatic heterocycles. The lowest BCUT2D eigenvalue weighted by atomic mass is 10.0. The molecule has 0 spiro atoms. The van der Waals surface area contributed by atoms with Crippen LogP contribution in [0.15, 0.2) is 24.3 Å². The van der Waals surface area contributed by atoms with Gasteiger partial charge in [0.2, 0.25) is 0 Å². The van der Waals surface area contributed by atoms with E-state index in [1.165, 1.54) is 5.56 Å². The largest absolute Gasteiger partial charge is 0.480 e. The maximum Gasteiger partial charge on any atom is 0.317 e. The third-order valence-corrected chi connectivity index (χ3v) is 5.35. The van der Waals surface area contributed by atoms with Crippen LogP contribution >= 0.6 is 0 Å². The Balaban J connectivity index is 2.23. The summed E-state index contributed by atoms with van der Waals surface area (Å²) in [6.07, 6.45) is 2.47. The summed E-state index contributed by atoms with van der Waals surface area (Å²) in [5.41, 5.74) is 2.37. The molecule has 0 aliphatic carbocycles. The normalized spacial score (nSPS) is 19.8. The van der Waals surface area contributed by atoms with Crippen LogP contribution < -0.4 is 0 Å². The highest BCUT2D eigenvalue weighted by Crippen LogP contribution is 2.14. The Labute approximate surface area is 171 Å². The fraction of sp³-hybridized carbons (Fsp3) is 0.571. The molecule has 1 aromatic rings. The fourth-order valence-electron chi connectivity index (χ4n) is 3.73. The highest BCUT2D eigenvalue weighted by molar-refractivity contribution is 5.69. The molecule has 8 nitrogen and oxygen atoms in total. The van der Waals surface area contributed by atoms with E-state index >= 15 is 0 Å². The number of nitrogens with zero attached hydrogens (tertiary/aromatic N) is 3. The number of carboxylic acids is 2. The second-order valence-corrected chi connectivity index (χ2v) is 7.49. The summed E-state index contributed by atoms with van der Waals surface area (Å²) in [6, 6.07) is 8.24. The Bertz CT molecular complexity index is 679. The Kier molecular flexibility index (Phi) is 9.24. The minimum Gasteiger partial charge on any atom is -0.480 e. The van der Waals surface area contributed by atoms with E-state index in [0.29, 0.717) is 39.1 Å². The second-order valence-electron chi connectivity index (χ2n) is 7.49. The lowest BCUT2D eigenvalue weighted by Gasteiger charge is -2.33. The van der Waals surface area contributed by atoms with Crippen LogP contribution in [-0.2, 0) is 27.2 Å². The van der Waals surface area contributed by atoms with Crippen molar-refractivity contribution in [2.24, 2.45) is 0 Å². The van der Waals surface area contributed by atoms with E-state index in [9.17, 15) is 19.5 Å². The van der Waals surface area contributed by atoms with Gasteiger partial charge in [-0.05, 0) is 24.0 Å². The van der Waals surface area contributed by atoms with E-state index in [4.69, 9.17) is 5.11 Å². The molecule has 2 N–H and O–H groups in total. The SMILES string of the molecule is CCc1ccc(CC2CN(CC=O)CCN(CC(=O)O)CCN2CC(=O)O)cc1. The first-order valence-corrected chi connectivity index (χ1v) is 10.0. The first-order chi connectivity index (χ1) is 13.9. The van der Waals surface area contributed by atoms with Crippen molar-refractivity contribution in [3.05, 3.63) is 35.4 Å². The third kappa shape index (κ3) is 7.92. The van der Waals surface area contributed by atoms with Crippen molar-refractivity contribution >= 4 is 18.2 Å². The Morgan fingerprint density at radius 3 is 2.14 bits per heavy atom. The van der Waals surface area contributed by atoms with Crippen molar-refractivity contribution in [3.8, 4) is 0 Å². The molecule has 8 heteroatoms. The van der Waals surface area contributed by atoms with Gasteiger partial charge in [-0.1, -0.05) is 31.2 Å². The predicted octanol–water partition coefficient (Wildman–Crippen LogP) is 0.448. The van der Waals surface area contributed by atoms with Crippen molar-refractivity contribution in [2.75, 3.05) is 52.4 Å². The van der Waals surface area contributed by atoms with Crippen molar-refractivity contribution in [1.82, 2.24) is 14.7 Å². The van der Waals surface area contributed by atoms with E-state index in [1.54, 1.807) is 4.90 Å². The van der Waals surface area contributed by atoms with Gasteiger partial charge in [-0.25, -0.2) is 0 Å². The van der Waals surface area contributed by atoms with Crippen LogP contribution in [0, 0.1) is 0 Å². The predicted molar refractivity (Wildman–Crippen MR) is 109 cm³/mol. The summed E-state index contributed by atoms with van der Waals surface area (Å²) in [7, 11) is 0. The Hall–Kier alpha value is -2.29. The van der Waals surface area contributed by atoms with Crippen molar-refractivity contribution in [2.45, 2.75) is 25.8 Å². The van der Waals surface area contributed by atoms with Gasteiger partial charge in [-0.2, -0.15) is 0 Å². The van der Waals surface area contributed by atoms with Gasteiger partial charge in [0.1, 0.15) is 6.29 Å². The molecule has 0 amide bonds. The third-order valence-electron chi connectivity index (χ3n) is 5.35. The maximum absolute atomic E-state index is 11.5. The zero-order chi connectivity index (χ0) is 21.2. The summed E-state index contributed by atoms with van der Waals surface area (Å²) >= 11 is 0. The zero-order valence-corrected chi connectivity index (χ0v) is 17.0. The van der Waals surface area contributed by atoms with E-state index in [0.717, 1.165) is 18.3 Å². The van der Waals surface area contributed by atoms with E-state index < -0.39 is 11.9 Å². The molecular formula is C21H31N3O5. The first-order valence-electron chi connectivity index (χ1n) is 10.0. The molecule has 1 fully saturated rings. The standard InChI is InChI=1S/C21H31N3O5/c1-2-17-3-5-18(6-4-17)13-19-14-23(11-12-25)8-7-22(15-20(26)27)9-10-24(19)16-21(28)29/h3-6,12,19H,2,7-11,13-16H2,1H3,(H,26,27)(H,28,29). The summed E-state index contributed by atoms with van der Waals surface area (Å²) in [5.74, 6) is -1.83. The summed E-state index contributed by atoms with van der Waals surface area (Å²) in [5, 5.41) is 18.6. The van der Waals surface area contributed by atoms with Gasteiger partial charge >= 0.3 is 11.9 Å². The molecule has 1 aromatic carbocycles. The molecule has 0 radical (unpaired) electrons. The molecule has 1 atom stereocenters. The molecular weight excluding hydrogens is 374 g/mol. The zero-order valence-electron chi connectivity index (χ0n) is 17.0. The summed E-state index contributed by atoms with van der Waals surface area (Å²) in [6.45, 7) is 4.72. The topological polar surface area (TPSA) is 101 Å². The van der Waals surface area contributed by atoms with Gasteiger partial charge in [0.05, 0.1) is 19.6 Å². The van der Waals surface area contributed by atoms with Gasteiger partial charge in [0.25, 0.3) is 0 Å². The number of carboxylic acid groups (broad SMARTS) is 2. The number of aryl methyl sites for hydroxylation is 1. The maximum atomic E-state index is 11.5. The Morgan fingerprint density at radius 1 is 0.966 bits per heavy atom. The summed E-state index contributed by atoms with van der Waals surface area (Å²) in [4.78, 5) is 39.5. The molecule has 0 saturated carbocycles. The average Bonchev–Trinajstić information content (AvgIpc) is 2.74. The van der Waals surface area contributed by atoms with Gasteiger partial charge in [-0.15, -0.1) is 0 Å². The number of rotatable bonds is 9. The van der Waals surface area contributed by atoms with Crippen LogP contribution in [0.5, 0.6) is 0 Å². The fourth-order valence-corrected chi connectivity index (χ4v) is 3.73. The molecule has 1 aliphatic rings. The van der Waals surface area contributed by atoms with Gasteiger partial charge < -0.3 is 15.0 Å². The Morgan fingerprint density at radius 2 is 1.55 bits per heavy atom. The van der Waals surface area contributed by atoms with Gasteiger partial charge in [0, 0.05) is 38.8 Å². The van der Waals surface area contributed by atoms with Crippen LogP contribution in [-0.4, -0.2) is 102 Å². The van der Waals surface area contributed by atoms with Crippen molar-refractivity contribution in [3.63, 3.8) is 0 Å². The number of carbonyl (C=O) groups excluding carboxylic acids is 1. The van der Waals surface area contributed by atoms with Crippen LogP contribution in [0.25, 0.3) is 0 Å². The summed E-state index contributed by atoms with van der Waals surface area (Å²) < 4.78 is 0. The number of hydrogen-bond acceptors (Lipinski definition) is 6. The monoisotopic (exact) mass is 405 g/mol. The van der Waals surface area contributed by atoms with E-state index in [2.05, 4.69) is 31.2 Å². The number of carbonyl (C=O) groups is 3. The smallest absolute Gasteiger partial charge is 0.317 e. The van der Waals surface area contributed by atoms with Crippen LogP contribution in [0.1, 0.15) is 18.1 Å². The van der Waals surface area contributed by atoms with Crippen molar-refractivity contribution in [1.29, 1.82) is 0 Å². The highest BCUT2D eigenvalue weighted by atomic mass is 16.4. The lowest BCUT2D eigenvalue weighted by molar-refractivity contribution is -0.140. The van der Waals surface area contributed by atoms with Crippen LogP contribution in [0.4, 0.5) is 0 Å². The number of hydrogen-bond donors (Lipinski definition) is 2. The quantitative estimate of drug-likeness (QED) is 0.571. The van der Waals surface area contributed by atoms with Crippen LogP contribution in [0.3, 0.4) is 0 Å². The van der Waals surface area contributed by atoms with Gasteiger partial charge in [-0.3, -0.25) is 24.3 Å². The molecule has 1 saturated heterocycles. The molecule has 1 heterocycles. The lowest BCUT2D eigenvalue weighted by Crippen LogP contribution is -2.48. The molecule has 160 valence electrons. The first kappa shape index (κ1) is 23.0. The van der Waals surface area contributed by atoms with Gasteiger partial charge in [0.15, 0.2) is 0 Å².